The van der Waals surface area contributed by atoms with Gasteiger partial charge in [-0.3, -0.25) is 4.79 Å². The van der Waals surface area contributed by atoms with Crippen LogP contribution in [0.25, 0.3) is 0 Å². The van der Waals surface area contributed by atoms with Gasteiger partial charge in [0.05, 0.1) is 5.02 Å². The minimum absolute atomic E-state index is 0.126. The zero-order valence-electron chi connectivity index (χ0n) is 10.8. The molecule has 0 bridgehead atoms. The van der Waals surface area contributed by atoms with Crippen molar-refractivity contribution in [1.82, 2.24) is 4.57 Å². The molecule has 0 spiro atoms. The number of aromatic hydroxyl groups is 1. The van der Waals surface area contributed by atoms with E-state index in [4.69, 9.17) is 11.6 Å². The van der Waals surface area contributed by atoms with Crippen LogP contribution in [-0.4, -0.2) is 22.6 Å². The number of hydrogen-bond donors (Lipinski definition) is 1. The number of hydrogen-bond acceptors (Lipinski definition) is 2. The first-order valence-electron chi connectivity index (χ1n) is 5.95. The van der Waals surface area contributed by atoms with Crippen molar-refractivity contribution < 1.29 is 9.90 Å². The number of aromatic nitrogens is 1. The third-order valence-corrected chi connectivity index (χ3v) is 3.15. The molecule has 0 saturated heterocycles. The van der Waals surface area contributed by atoms with Gasteiger partial charge in [-0.25, -0.2) is 0 Å². The van der Waals surface area contributed by atoms with Crippen molar-refractivity contribution in [1.29, 1.82) is 0 Å². The van der Waals surface area contributed by atoms with Crippen LogP contribution in [0, 0.1) is 0 Å². The maximum Gasteiger partial charge on any atom is 0.274 e. The second-order valence-electron chi connectivity index (χ2n) is 4.21. The SMILES string of the molecule is CCn1cc(Cl)cc1C(=O)N(C)c1cccc(O)c1. The summed E-state index contributed by atoms with van der Waals surface area (Å²) in [6, 6.07) is 8.21. The maximum absolute atomic E-state index is 12.4. The van der Waals surface area contributed by atoms with Crippen LogP contribution in [0.2, 0.25) is 5.02 Å². The number of halogens is 1. The molecular weight excluding hydrogens is 264 g/mol. The summed E-state index contributed by atoms with van der Waals surface area (Å²) < 4.78 is 1.80. The highest BCUT2D eigenvalue weighted by molar-refractivity contribution is 6.31. The zero-order chi connectivity index (χ0) is 14.0. The van der Waals surface area contributed by atoms with E-state index >= 15 is 0 Å². The van der Waals surface area contributed by atoms with Crippen LogP contribution in [0.4, 0.5) is 5.69 Å². The molecule has 0 saturated carbocycles. The molecular formula is C14H15ClN2O2. The lowest BCUT2D eigenvalue weighted by Crippen LogP contribution is -2.28. The van der Waals surface area contributed by atoms with Crippen LogP contribution < -0.4 is 4.90 Å². The van der Waals surface area contributed by atoms with Crippen molar-refractivity contribution in [3.63, 3.8) is 0 Å². The molecule has 19 heavy (non-hydrogen) atoms. The van der Waals surface area contributed by atoms with Crippen LogP contribution >= 0.6 is 11.6 Å². The summed E-state index contributed by atoms with van der Waals surface area (Å²) in [6.45, 7) is 2.61. The van der Waals surface area contributed by atoms with E-state index in [2.05, 4.69) is 0 Å². The Morgan fingerprint density at radius 3 is 2.79 bits per heavy atom. The lowest BCUT2D eigenvalue weighted by molar-refractivity contribution is 0.0984. The van der Waals surface area contributed by atoms with Crippen LogP contribution in [0.3, 0.4) is 0 Å². The monoisotopic (exact) mass is 278 g/mol. The van der Waals surface area contributed by atoms with Gasteiger partial charge >= 0.3 is 0 Å². The molecule has 0 fully saturated rings. The number of amides is 1. The number of nitrogens with zero attached hydrogens (tertiary/aromatic N) is 2. The molecule has 100 valence electrons. The Morgan fingerprint density at radius 2 is 2.16 bits per heavy atom. The third kappa shape index (κ3) is 2.74. The molecule has 2 rings (SSSR count). The Bertz CT molecular complexity index is 607. The largest absolute Gasteiger partial charge is 0.508 e. The van der Waals surface area contributed by atoms with Crippen LogP contribution in [0.1, 0.15) is 17.4 Å². The van der Waals surface area contributed by atoms with Crippen LogP contribution in [0.15, 0.2) is 36.5 Å². The summed E-state index contributed by atoms with van der Waals surface area (Å²) in [5.74, 6) is -0.0413. The summed E-state index contributed by atoms with van der Waals surface area (Å²) in [5.41, 5.74) is 1.16. The summed E-state index contributed by atoms with van der Waals surface area (Å²) >= 11 is 5.93. The maximum atomic E-state index is 12.4. The van der Waals surface area contributed by atoms with Crippen molar-refractivity contribution in [3.05, 3.63) is 47.2 Å². The van der Waals surface area contributed by atoms with Crippen LogP contribution in [-0.2, 0) is 6.54 Å². The van der Waals surface area contributed by atoms with E-state index in [0.717, 1.165) is 0 Å². The fourth-order valence-corrected chi connectivity index (χ4v) is 2.13. The Balaban J connectivity index is 2.33. The minimum atomic E-state index is -0.167. The standard InChI is InChI=1S/C14H15ClN2O2/c1-3-17-9-10(15)7-13(17)14(19)16(2)11-5-4-6-12(18)8-11/h4-9,18H,3H2,1-2H3. The second kappa shape index (κ2) is 5.36. The first-order chi connectivity index (χ1) is 9.02. The molecule has 0 aliphatic rings. The predicted molar refractivity (Wildman–Crippen MR) is 76.0 cm³/mol. The highest BCUT2D eigenvalue weighted by Gasteiger charge is 2.18. The normalized spacial score (nSPS) is 10.5. The number of carbonyl (C=O) groups is 1. The quantitative estimate of drug-likeness (QED) is 0.937. The van der Waals surface area contributed by atoms with Gasteiger partial charge in [-0.1, -0.05) is 17.7 Å². The smallest absolute Gasteiger partial charge is 0.274 e. The van der Waals surface area contributed by atoms with Crippen molar-refractivity contribution in [2.75, 3.05) is 11.9 Å². The highest BCUT2D eigenvalue weighted by atomic mass is 35.5. The van der Waals surface area contributed by atoms with Crippen molar-refractivity contribution in [3.8, 4) is 5.75 Å². The van der Waals surface area contributed by atoms with Gasteiger partial charge in [-0.15, -0.1) is 0 Å². The average Bonchev–Trinajstić information content (AvgIpc) is 2.78. The summed E-state index contributed by atoms with van der Waals surface area (Å²) in [6.07, 6.45) is 1.73. The molecule has 1 amide bonds. The number of anilines is 1. The highest BCUT2D eigenvalue weighted by Crippen LogP contribution is 2.22. The van der Waals surface area contributed by atoms with Gasteiger partial charge < -0.3 is 14.6 Å². The molecule has 1 aromatic carbocycles. The molecule has 0 aliphatic heterocycles. The van der Waals surface area contributed by atoms with Gasteiger partial charge in [0.15, 0.2) is 0 Å². The molecule has 4 nitrogen and oxygen atoms in total. The molecule has 1 heterocycles. The Kier molecular flexibility index (Phi) is 3.81. The molecule has 2 aromatic rings. The summed E-state index contributed by atoms with van der Waals surface area (Å²) in [7, 11) is 1.66. The van der Waals surface area contributed by atoms with Crippen molar-refractivity contribution in [2.45, 2.75) is 13.5 Å². The molecule has 1 N–H and O–H groups in total. The summed E-state index contributed by atoms with van der Waals surface area (Å²) in [4.78, 5) is 13.9. The molecule has 0 radical (unpaired) electrons. The van der Waals surface area contributed by atoms with E-state index in [0.29, 0.717) is 22.9 Å². The zero-order valence-corrected chi connectivity index (χ0v) is 11.6. The number of rotatable bonds is 3. The van der Waals surface area contributed by atoms with E-state index in [1.54, 1.807) is 48.1 Å². The van der Waals surface area contributed by atoms with E-state index in [1.807, 2.05) is 6.92 Å². The fourth-order valence-electron chi connectivity index (χ4n) is 1.91. The van der Waals surface area contributed by atoms with Gasteiger partial charge in [-0.2, -0.15) is 0 Å². The Hall–Kier alpha value is -1.94. The number of phenolic OH excluding ortho intramolecular Hbond substituents is 1. The fraction of sp³-hybridized carbons (Fsp3) is 0.214. The van der Waals surface area contributed by atoms with Crippen molar-refractivity contribution >= 4 is 23.2 Å². The molecule has 0 aliphatic carbocycles. The van der Waals surface area contributed by atoms with Gasteiger partial charge in [0, 0.05) is 31.5 Å². The van der Waals surface area contributed by atoms with E-state index in [1.165, 1.54) is 4.90 Å². The average molecular weight is 279 g/mol. The predicted octanol–water partition coefficient (Wildman–Crippen LogP) is 3.14. The number of phenols is 1. The van der Waals surface area contributed by atoms with Crippen LogP contribution in [0.5, 0.6) is 5.75 Å². The van der Waals surface area contributed by atoms with E-state index < -0.39 is 0 Å². The van der Waals surface area contributed by atoms with Gasteiger partial charge in [0.1, 0.15) is 11.4 Å². The summed E-state index contributed by atoms with van der Waals surface area (Å²) in [5, 5.41) is 9.99. The van der Waals surface area contributed by atoms with E-state index in [9.17, 15) is 9.90 Å². The van der Waals surface area contributed by atoms with E-state index in [-0.39, 0.29) is 11.7 Å². The number of aryl methyl sites for hydroxylation is 1. The Labute approximate surface area is 116 Å². The second-order valence-corrected chi connectivity index (χ2v) is 4.65. The van der Waals surface area contributed by atoms with Gasteiger partial charge in [-0.05, 0) is 25.1 Å². The van der Waals surface area contributed by atoms with Crippen molar-refractivity contribution in [2.24, 2.45) is 0 Å². The first-order valence-corrected chi connectivity index (χ1v) is 6.33. The molecule has 0 unspecified atom stereocenters. The minimum Gasteiger partial charge on any atom is -0.508 e. The lowest BCUT2D eigenvalue weighted by Gasteiger charge is -2.18. The number of carbonyl (C=O) groups excluding carboxylic acids is 1. The molecule has 0 atom stereocenters. The first kappa shape index (κ1) is 13.5. The molecule has 5 heteroatoms. The number of benzene rings is 1. The lowest BCUT2D eigenvalue weighted by atomic mass is 10.2. The topological polar surface area (TPSA) is 45.5 Å². The van der Waals surface area contributed by atoms with Gasteiger partial charge in [0.2, 0.25) is 0 Å². The molecule has 1 aromatic heterocycles. The Morgan fingerprint density at radius 1 is 1.42 bits per heavy atom. The third-order valence-electron chi connectivity index (χ3n) is 2.94. The van der Waals surface area contributed by atoms with Gasteiger partial charge in [0.25, 0.3) is 5.91 Å².